The molecule has 10 nitrogen and oxygen atoms in total. The van der Waals surface area contributed by atoms with Crippen LogP contribution in [0.15, 0.2) is 53.1 Å². The van der Waals surface area contributed by atoms with Gasteiger partial charge in [0.25, 0.3) is 5.91 Å². The van der Waals surface area contributed by atoms with E-state index in [0.29, 0.717) is 30.2 Å². The number of aryl methyl sites for hydroxylation is 1. The molecule has 2 saturated heterocycles. The number of nitrogens with zero attached hydrogens (tertiary/aromatic N) is 2. The zero-order chi connectivity index (χ0) is 29.5. The summed E-state index contributed by atoms with van der Waals surface area (Å²) in [7, 11) is 1.51. The molecule has 0 saturated carbocycles. The third-order valence-corrected chi connectivity index (χ3v) is 8.75. The molecule has 11 heteroatoms. The predicted molar refractivity (Wildman–Crippen MR) is 158 cm³/mol. The molecule has 0 radical (unpaired) electrons. The molecule has 2 fully saturated rings. The summed E-state index contributed by atoms with van der Waals surface area (Å²) >= 11 is 6.12. The number of rotatable bonds is 6. The van der Waals surface area contributed by atoms with Crippen LogP contribution >= 0.6 is 11.6 Å². The Labute approximate surface area is 247 Å². The van der Waals surface area contributed by atoms with Gasteiger partial charge in [0.1, 0.15) is 11.3 Å². The molecule has 4 heterocycles. The fourth-order valence-electron chi connectivity index (χ4n) is 6.38. The number of nitrogens with one attached hydrogen (secondary N) is 3. The highest BCUT2D eigenvalue weighted by molar-refractivity contribution is 6.31. The first-order chi connectivity index (χ1) is 20.2. The van der Waals surface area contributed by atoms with Crippen LogP contribution in [-0.4, -0.2) is 78.2 Å². The summed E-state index contributed by atoms with van der Waals surface area (Å²) in [5, 5.41) is 7.62. The quantitative estimate of drug-likeness (QED) is 0.318. The Morgan fingerprint density at radius 1 is 1.02 bits per heavy atom. The fourth-order valence-corrected chi connectivity index (χ4v) is 6.55. The van der Waals surface area contributed by atoms with Crippen molar-refractivity contribution in [2.24, 2.45) is 17.8 Å². The standard InChI is InChI=1S/C31H32ClN5O5/c1-17-7-19-8-18(3-6-27(19)42-17)31(41)37-14-21-13-36(16-25(24(21)15-37)30(40)35-12-28(38)33-2)29(39)9-20-11-34-26-10-22(32)4-5-23(20)26/h3-8,10-11,21,24-25,34H,9,12-16H2,1-2H3,(H,33,38)(H,35,40). The number of carbonyl (C=O) groups excluding carboxylic acids is 4. The lowest BCUT2D eigenvalue weighted by molar-refractivity contribution is -0.139. The van der Waals surface area contributed by atoms with Crippen molar-refractivity contribution in [2.45, 2.75) is 13.3 Å². The molecule has 3 unspecified atom stereocenters. The van der Waals surface area contributed by atoms with Gasteiger partial charge in [0.05, 0.1) is 18.9 Å². The lowest BCUT2D eigenvalue weighted by Gasteiger charge is -2.39. The number of hydrogen-bond donors (Lipinski definition) is 3. The molecule has 3 atom stereocenters. The summed E-state index contributed by atoms with van der Waals surface area (Å²) in [5.41, 5.74) is 2.97. The van der Waals surface area contributed by atoms with Gasteiger partial charge in [-0.2, -0.15) is 0 Å². The van der Waals surface area contributed by atoms with Crippen LogP contribution in [0.5, 0.6) is 0 Å². The van der Waals surface area contributed by atoms with E-state index in [4.69, 9.17) is 16.0 Å². The lowest BCUT2D eigenvalue weighted by Crippen LogP contribution is -2.54. The number of halogens is 1. The average molecular weight is 590 g/mol. The summed E-state index contributed by atoms with van der Waals surface area (Å²) in [4.78, 5) is 59.1. The van der Waals surface area contributed by atoms with Crippen LogP contribution < -0.4 is 10.6 Å². The zero-order valence-corrected chi connectivity index (χ0v) is 24.2. The van der Waals surface area contributed by atoms with Crippen molar-refractivity contribution < 1.29 is 23.6 Å². The van der Waals surface area contributed by atoms with E-state index >= 15 is 0 Å². The van der Waals surface area contributed by atoms with Crippen LogP contribution in [0, 0.1) is 24.7 Å². The van der Waals surface area contributed by atoms with E-state index in [1.165, 1.54) is 7.05 Å². The highest BCUT2D eigenvalue weighted by atomic mass is 35.5. The number of likely N-dealkylation sites (tertiary alicyclic amines) is 2. The van der Waals surface area contributed by atoms with Crippen molar-refractivity contribution in [3.05, 3.63) is 70.6 Å². The monoisotopic (exact) mass is 589 g/mol. The Balaban J connectivity index is 1.22. The first kappa shape index (κ1) is 27.8. The molecular weight excluding hydrogens is 558 g/mol. The minimum atomic E-state index is -0.559. The zero-order valence-electron chi connectivity index (χ0n) is 23.4. The highest BCUT2D eigenvalue weighted by Crippen LogP contribution is 2.37. The number of carbonyl (C=O) groups is 4. The van der Waals surface area contributed by atoms with E-state index in [-0.39, 0.29) is 55.0 Å². The predicted octanol–water partition coefficient (Wildman–Crippen LogP) is 3.13. The summed E-state index contributed by atoms with van der Waals surface area (Å²) in [6, 6.07) is 12.8. The Morgan fingerprint density at radius 3 is 2.64 bits per heavy atom. The van der Waals surface area contributed by atoms with E-state index in [2.05, 4.69) is 15.6 Å². The molecule has 2 aromatic heterocycles. The van der Waals surface area contributed by atoms with Crippen molar-refractivity contribution in [3.63, 3.8) is 0 Å². The number of aromatic amines is 1. The van der Waals surface area contributed by atoms with Gasteiger partial charge in [-0.1, -0.05) is 17.7 Å². The number of aromatic nitrogens is 1. The Hall–Kier alpha value is -4.31. The highest BCUT2D eigenvalue weighted by Gasteiger charge is 2.47. The normalized spacial score (nSPS) is 20.1. The number of fused-ring (bicyclic) bond motifs is 3. The molecule has 218 valence electrons. The molecule has 4 aromatic rings. The molecule has 2 aliphatic rings. The molecule has 0 spiro atoms. The molecule has 0 aliphatic carbocycles. The molecule has 2 aliphatic heterocycles. The van der Waals surface area contributed by atoms with Gasteiger partial charge in [0.15, 0.2) is 0 Å². The second-order valence-electron chi connectivity index (χ2n) is 11.2. The number of hydrogen-bond acceptors (Lipinski definition) is 5. The molecule has 3 N–H and O–H groups in total. The molecule has 4 amide bonds. The molecular formula is C31H32ClN5O5. The number of H-pyrrole nitrogens is 1. The summed E-state index contributed by atoms with van der Waals surface area (Å²) in [6.07, 6.45) is 1.98. The van der Waals surface area contributed by atoms with Crippen molar-refractivity contribution in [1.29, 1.82) is 0 Å². The van der Waals surface area contributed by atoms with Gasteiger partial charge in [-0.05, 0) is 60.7 Å². The minimum Gasteiger partial charge on any atom is -0.461 e. The van der Waals surface area contributed by atoms with Gasteiger partial charge in [-0.25, -0.2) is 0 Å². The van der Waals surface area contributed by atoms with Crippen molar-refractivity contribution in [3.8, 4) is 0 Å². The van der Waals surface area contributed by atoms with E-state index in [1.54, 1.807) is 28.0 Å². The fraction of sp³-hybridized carbons (Fsp3) is 0.355. The van der Waals surface area contributed by atoms with E-state index in [1.807, 2.05) is 37.4 Å². The maximum Gasteiger partial charge on any atom is 0.253 e. The van der Waals surface area contributed by atoms with Crippen LogP contribution in [-0.2, 0) is 20.8 Å². The van der Waals surface area contributed by atoms with Gasteiger partial charge in [0, 0.05) is 66.3 Å². The van der Waals surface area contributed by atoms with E-state index in [9.17, 15) is 19.2 Å². The Bertz CT molecular complexity index is 1710. The minimum absolute atomic E-state index is 0.0796. The molecule has 2 aromatic carbocycles. The second-order valence-corrected chi connectivity index (χ2v) is 11.7. The maximum absolute atomic E-state index is 13.6. The van der Waals surface area contributed by atoms with Crippen molar-refractivity contribution in [1.82, 2.24) is 25.4 Å². The third kappa shape index (κ3) is 5.34. The molecule has 42 heavy (non-hydrogen) atoms. The topological polar surface area (TPSA) is 128 Å². The number of amides is 4. The number of benzene rings is 2. The average Bonchev–Trinajstić information content (AvgIpc) is 3.69. The SMILES string of the molecule is CNC(=O)CNC(=O)C1CN(C(=O)Cc2c[nH]c3cc(Cl)ccc23)CC2CN(C(=O)c3ccc4oc(C)cc4c3)CC21. The Morgan fingerprint density at radius 2 is 1.83 bits per heavy atom. The van der Waals surface area contributed by atoms with Gasteiger partial charge < -0.3 is 29.8 Å². The third-order valence-electron chi connectivity index (χ3n) is 8.52. The van der Waals surface area contributed by atoms with Crippen LogP contribution in [0.3, 0.4) is 0 Å². The van der Waals surface area contributed by atoms with Gasteiger partial charge >= 0.3 is 0 Å². The Kier molecular flexibility index (Phi) is 7.40. The summed E-state index contributed by atoms with van der Waals surface area (Å²) < 4.78 is 5.65. The number of likely N-dealkylation sites (N-methyl/N-ethyl adjacent to an activating group) is 1. The van der Waals surface area contributed by atoms with Crippen LogP contribution in [0.4, 0.5) is 0 Å². The van der Waals surface area contributed by atoms with Gasteiger partial charge in [0.2, 0.25) is 17.7 Å². The maximum atomic E-state index is 13.6. The van der Waals surface area contributed by atoms with Crippen molar-refractivity contribution >= 4 is 57.1 Å². The van der Waals surface area contributed by atoms with Crippen LogP contribution in [0.1, 0.15) is 21.7 Å². The van der Waals surface area contributed by atoms with Crippen LogP contribution in [0.2, 0.25) is 5.02 Å². The second kappa shape index (κ2) is 11.2. The smallest absolute Gasteiger partial charge is 0.253 e. The van der Waals surface area contributed by atoms with Crippen LogP contribution in [0.25, 0.3) is 21.9 Å². The van der Waals surface area contributed by atoms with Crippen molar-refractivity contribution in [2.75, 3.05) is 39.8 Å². The first-order valence-corrected chi connectivity index (χ1v) is 14.4. The molecule has 0 bridgehead atoms. The first-order valence-electron chi connectivity index (χ1n) is 14.0. The molecule has 6 rings (SSSR count). The number of furan rings is 1. The van der Waals surface area contributed by atoms with Gasteiger partial charge in [-0.15, -0.1) is 0 Å². The van der Waals surface area contributed by atoms with E-state index in [0.717, 1.165) is 33.2 Å². The largest absolute Gasteiger partial charge is 0.461 e. The number of piperidine rings is 1. The summed E-state index contributed by atoms with van der Waals surface area (Å²) in [5.74, 6) is -0.830. The lowest BCUT2D eigenvalue weighted by atomic mass is 9.79. The van der Waals surface area contributed by atoms with E-state index < -0.39 is 5.92 Å². The van der Waals surface area contributed by atoms with Gasteiger partial charge in [-0.3, -0.25) is 19.2 Å². The summed E-state index contributed by atoms with van der Waals surface area (Å²) in [6.45, 7) is 3.21.